The smallest absolute Gasteiger partial charge is 0.266 e. The molecule has 0 fully saturated rings. The van der Waals surface area contributed by atoms with Crippen LogP contribution in [-0.4, -0.2) is 25.0 Å². The summed E-state index contributed by atoms with van der Waals surface area (Å²) < 4.78 is 32.3. The molecule has 3 N–H and O–H groups in total. The summed E-state index contributed by atoms with van der Waals surface area (Å²) in [6.07, 6.45) is 4.15. The number of nitrogens with two attached hydrogens (primary N) is 1. The van der Waals surface area contributed by atoms with E-state index in [1.54, 1.807) is 13.0 Å². The highest BCUT2D eigenvalue weighted by Gasteiger charge is 2.20. The third-order valence-electron chi connectivity index (χ3n) is 2.36. The molecule has 0 saturated heterocycles. The van der Waals surface area contributed by atoms with Gasteiger partial charge in [-0.25, -0.2) is 13.4 Å². The van der Waals surface area contributed by atoms with Gasteiger partial charge < -0.3 is 10.5 Å². The number of aromatic nitrogens is 2. The second-order valence-electron chi connectivity index (χ2n) is 3.84. The van der Waals surface area contributed by atoms with E-state index in [1.807, 2.05) is 0 Å². The van der Waals surface area contributed by atoms with Gasteiger partial charge in [0.1, 0.15) is 10.6 Å². The lowest BCUT2D eigenvalue weighted by molar-refractivity contribution is 0.331. The fourth-order valence-corrected chi connectivity index (χ4v) is 2.73. The average Bonchev–Trinajstić information content (AvgIpc) is 2.41. The van der Waals surface area contributed by atoms with Crippen LogP contribution in [0.25, 0.3) is 0 Å². The Balaban J connectivity index is 2.41. The molecule has 7 nitrogen and oxygen atoms in total. The first-order chi connectivity index (χ1) is 9.53. The molecule has 0 unspecified atom stereocenters. The van der Waals surface area contributed by atoms with E-state index in [0.29, 0.717) is 12.3 Å². The molecule has 0 aliphatic heterocycles. The Morgan fingerprint density at radius 1 is 1.35 bits per heavy atom. The molecule has 20 heavy (non-hydrogen) atoms. The van der Waals surface area contributed by atoms with E-state index in [2.05, 4.69) is 14.7 Å². The van der Waals surface area contributed by atoms with Crippen LogP contribution in [0, 0.1) is 0 Å². The molecule has 0 aliphatic rings. The van der Waals surface area contributed by atoms with Crippen molar-refractivity contribution >= 4 is 21.5 Å². The van der Waals surface area contributed by atoms with Crippen molar-refractivity contribution in [1.29, 1.82) is 0 Å². The topological polar surface area (TPSA) is 107 Å². The van der Waals surface area contributed by atoms with E-state index in [1.165, 1.54) is 30.7 Å². The van der Waals surface area contributed by atoms with Crippen molar-refractivity contribution in [2.24, 2.45) is 0 Å². The van der Waals surface area contributed by atoms with E-state index in [9.17, 15) is 8.42 Å². The van der Waals surface area contributed by atoms with Gasteiger partial charge in [0.2, 0.25) is 0 Å². The molecule has 8 heteroatoms. The van der Waals surface area contributed by atoms with Crippen molar-refractivity contribution in [3.8, 4) is 5.75 Å². The molecule has 0 spiro atoms. The van der Waals surface area contributed by atoms with Crippen LogP contribution in [0.1, 0.15) is 6.92 Å². The monoisotopic (exact) mass is 294 g/mol. The molecule has 0 atom stereocenters. The summed E-state index contributed by atoms with van der Waals surface area (Å²) in [4.78, 5) is 7.62. The predicted octanol–water partition coefficient (Wildman–Crippen LogP) is 1.26. The number of ether oxygens (including phenoxy) is 1. The standard InChI is InChI=1S/C12H14N4O3S/c1-2-19-10-4-3-9(13)7-11(10)20(17,18)16-12-8-14-5-6-15-12/h3-8H,2,13H2,1H3,(H,15,16). The molecule has 1 heterocycles. The number of rotatable bonds is 5. The first-order valence-electron chi connectivity index (χ1n) is 5.84. The molecule has 2 aromatic rings. The number of hydrogen-bond donors (Lipinski definition) is 2. The largest absolute Gasteiger partial charge is 0.492 e. The van der Waals surface area contributed by atoms with Crippen LogP contribution in [0.15, 0.2) is 41.7 Å². The molecule has 0 bridgehead atoms. The Kier molecular flexibility index (Phi) is 4.04. The number of hydrogen-bond acceptors (Lipinski definition) is 6. The van der Waals surface area contributed by atoms with Gasteiger partial charge in [0.05, 0.1) is 12.8 Å². The second kappa shape index (κ2) is 5.74. The predicted molar refractivity (Wildman–Crippen MR) is 74.9 cm³/mol. The van der Waals surface area contributed by atoms with Crippen LogP contribution < -0.4 is 15.2 Å². The van der Waals surface area contributed by atoms with Crippen LogP contribution >= 0.6 is 0 Å². The Morgan fingerprint density at radius 2 is 2.15 bits per heavy atom. The number of nitrogens with one attached hydrogen (secondary N) is 1. The van der Waals surface area contributed by atoms with Crippen LogP contribution in [0.5, 0.6) is 5.75 Å². The van der Waals surface area contributed by atoms with Crippen molar-refractivity contribution in [2.75, 3.05) is 17.1 Å². The zero-order chi connectivity index (χ0) is 14.6. The highest BCUT2D eigenvalue weighted by molar-refractivity contribution is 7.92. The van der Waals surface area contributed by atoms with Gasteiger partial charge in [-0.3, -0.25) is 9.71 Å². The lowest BCUT2D eigenvalue weighted by Gasteiger charge is -2.12. The van der Waals surface area contributed by atoms with E-state index in [4.69, 9.17) is 10.5 Å². The number of nitrogen functional groups attached to an aromatic ring is 1. The van der Waals surface area contributed by atoms with Crippen LogP contribution in [0.4, 0.5) is 11.5 Å². The maximum absolute atomic E-state index is 12.3. The van der Waals surface area contributed by atoms with Gasteiger partial charge in [0, 0.05) is 18.1 Å². The highest BCUT2D eigenvalue weighted by Crippen LogP contribution is 2.27. The minimum absolute atomic E-state index is 0.0370. The van der Waals surface area contributed by atoms with E-state index in [0.717, 1.165) is 0 Å². The van der Waals surface area contributed by atoms with Gasteiger partial charge in [0.15, 0.2) is 5.82 Å². The summed E-state index contributed by atoms with van der Waals surface area (Å²) in [7, 11) is -3.85. The minimum Gasteiger partial charge on any atom is -0.492 e. The summed E-state index contributed by atoms with van der Waals surface area (Å²) in [5.74, 6) is 0.357. The van der Waals surface area contributed by atoms with Crippen LogP contribution in [-0.2, 0) is 10.0 Å². The van der Waals surface area contributed by atoms with E-state index >= 15 is 0 Å². The van der Waals surface area contributed by atoms with Crippen molar-refractivity contribution in [3.05, 3.63) is 36.8 Å². The SMILES string of the molecule is CCOc1ccc(N)cc1S(=O)(=O)Nc1cnccn1. The quantitative estimate of drug-likeness (QED) is 0.804. The number of benzene rings is 1. The Bertz CT molecular complexity index is 689. The van der Waals surface area contributed by atoms with Crippen LogP contribution in [0.3, 0.4) is 0 Å². The summed E-state index contributed by atoms with van der Waals surface area (Å²) in [5, 5.41) is 0. The van der Waals surface area contributed by atoms with Gasteiger partial charge in [-0.2, -0.15) is 0 Å². The third kappa shape index (κ3) is 3.15. The molecule has 1 aromatic carbocycles. The number of sulfonamides is 1. The zero-order valence-corrected chi connectivity index (χ0v) is 11.6. The van der Waals surface area contributed by atoms with Gasteiger partial charge in [-0.1, -0.05) is 0 Å². The van der Waals surface area contributed by atoms with Gasteiger partial charge in [0.25, 0.3) is 10.0 Å². The number of nitrogens with zero attached hydrogens (tertiary/aromatic N) is 2. The molecule has 0 saturated carbocycles. The molecule has 0 aliphatic carbocycles. The fraction of sp³-hybridized carbons (Fsp3) is 0.167. The minimum atomic E-state index is -3.85. The molecule has 0 amide bonds. The maximum Gasteiger partial charge on any atom is 0.266 e. The van der Waals surface area contributed by atoms with Crippen molar-refractivity contribution in [1.82, 2.24) is 9.97 Å². The van der Waals surface area contributed by atoms with Gasteiger partial charge in [-0.05, 0) is 25.1 Å². The molecular formula is C12H14N4O3S. The molecular weight excluding hydrogens is 280 g/mol. The highest BCUT2D eigenvalue weighted by atomic mass is 32.2. The van der Waals surface area contributed by atoms with Gasteiger partial charge in [-0.15, -0.1) is 0 Å². The normalized spacial score (nSPS) is 11.1. The van der Waals surface area contributed by atoms with Crippen molar-refractivity contribution in [2.45, 2.75) is 11.8 Å². The third-order valence-corrected chi connectivity index (χ3v) is 3.74. The fourth-order valence-electron chi connectivity index (χ4n) is 1.55. The first-order valence-corrected chi connectivity index (χ1v) is 7.32. The number of anilines is 2. The lowest BCUT2D eigenvalue weighted by atomic mass is 10.3. The summed E-state index contributed by atoms with van der Waals surface area (Å²) in [6, 6.07) is 4.43. The van der Waals surface area contributed by atoms with Crippen molar-refractivity contribution < 1.29 is 13.2 Å². The zero-order valence-electron chi connectivity index (χ0n) is 10.8. The average molecular weight is 294 g/mol. The second-order valence-corrected chi connectivity index (χ2v) is 5.49. The summed E-state index contributed by atoms with van der Waals surface area (Å²) in [6.45, 7) is 2.11. The summed E-state index contributed by atoms with van der Waals surface area (Å²) >= 11 is 0. The lowest BCUT2D eigenvalue weighted by Crippen LogP contribution is -2.15. The molecule has 1 aromatic heterocycles. The molecule has 0 radical (unpaired) electrons. The van der Waals surface area contributed by atoms with E-state index < -0.39 is 10.0 Å². The molecule has 2 rings (SSSR count). The molecule has 106 valence electrons. The Labute approximate surface area is 116 Å². The van der Waals surface area contributed by atoms with Crippen molar-refractivity contribution in [3.63, 3.8) is 0 Å². The summed E-state index contributed by atoms with van der Waals surface area (Å²) in [5.41, 5.74) is 5.96. The Morgan fingerprint density at radius 3 is 2.80 bits per heavy atom. The first kappa shape index (κ1) is 14.1. The van der Waals surface area contributed by atoms with E-state index in [-0.39, 0.29) is 16.5 Å². The Hall–Kier alpha value is -2.35. The van der Waals surface area contributed by atoms with Crippen LogP contribution in [0.2, 0.25) is 0 Å². The van der Waals surface area contributed by atoms with Gasteiger partial charge >= 0.3 is 0 Å². The maximum atomic E-state index is 12.3.